The van der Waals surface area contributed by atoms with Gasteiger partial charge in [0.1, 0.15) is 6.04 Å². The van der Waals surface area contributed by atoms with Gasteiger partial charge in [-0.15, -0.1) is 0 Å². The standard InChI is InChI=1S/C18H19BrIN3O3/c1-10-6-13(20)4-5-15(10)22-11(2)18(25)23-21-9-12-7-14(19)17(26-3)16(24)8-12/h4-9,11,22,24H,1-3H3,(H,23,25)/b21-9-/t11-/m0/s1. The van der Waals surface area contributed by atoms with Crippen LogP contribution >= 0.6 is 38.5 Å². The van der Waals surface area contributed by atoms with Gasteiger partial charge in [0.25, 0.3) is 5.91 Å². The van der Waals surface area contributed by atoms with Gasteiger partial charge in [0.2, 0.25) is 0 Å². The van der Waals surface area contributed by atoms with Gasteiger partial charge in [-0.05, 0) is 93.8 Å². The molecular formula is C18H19BrIN3O3. The molecule has 0 saturated carbocycles. The molecule has 0 fully saturated rings. The number of hydrogen-bond donors (Lipinski definition) is 3. The molecule has 0 bridgehead atoms. The summed E-state index contributed by atoms with van der Waals surface area (Å²) in [5.74, 6) is 0.0618. The summed E-state index contributed by atoms with van der Waals surface area (Å²) in [5, 5.41) is 17.0. The van der Waals surface area contributed by atoms with Crippen molar-refractivity contribution in [2.24, 2.45) is 5.10 Å². The lowest BCUT2D eigenvalue weighted by atomic mass is 10.2. The smallest absolute Gasteiger partial charge is 0.262 e. The van der Waals surface area contributed by atoms with Crippen LogP contribution in [0.3, 0.4) is 0 Å². The minimum atomic E-state index is -0.457. The number of ether oxygens (including phenoxy) is 1. The molecule has 0 spiro atoms. The molecule has 0 heterocycles. The second-order valence-electron chi connectivity index (χ2n) is 5.61. The second-order valence-corrected chi connectivity index (χ2v) is 7.71. The Balaban J connectivity index is 1.98. The van der Waals surface area contributed by atoms with Gasteiger partial charge in [0.15, 0.2) is 11.5 Å². The van der Waals surface area contributed by atoms with Gasteiger partial charge in [-0.1, -0.05) is 0 Å². The van der Waals surface area contributed by atoms with E-state index >= 15 is 0 Å². The number of amides is 1. The molecule has 0 unspecified atom stereocenters. The highest BCUT2D eigenvalue weighted by Gasteiger charge is 2.13. The molecule has 2 aromatic rings. The molecule has 0 aromatic heterocycles. The van der Waals surface area contributed by atoms with Gasteiger partial charge in [-0.25, -0.2) is 5.43 Å². The lowest BCUT2D eigenvalue weighted by Gasteiger charge is -2.15. The first-order valence-electron chi connectivity index (χ1n) is 7.74. The zero-order valence-electron chi connectivity index (χ0n) is 14.5. The van der Waals surface area contributed by atoms with Crippen LogP contribution in [0.15, 0.2) is 39.9 Å². The van der Waals surface area contributed by atoms with Gasteiger partial charge < -0.3 is 15.2 Å². The van der Waals surface area contributed by atoms with E-state index in [1.165, 1.54) is 19.4 Å². The van der Waals surface area contributed by atoms with E-state index in [1.54, 1.807) is 13.0 Å². The highest BCUT2D eigenvalue weighted by atomic mass is 127. The largest absolute Gasteiger partial charge is 0.504 e. The molecule has 0 aliphatic rings. The predicted molar refractivity (Wildman–Crippen MR) is 115 cm³/mol. The molecule has 1 amide bonds. The van der Waals surface area contributed by atoms with E-state index in [-0.39, 0.29) is 11.7 Å². The summed E-state index contributed by atoms with van der Waals surface area (Å²) in [6.07, 6.45) is 1.45. The number of methoxy groups -OCH3 is 1. The monoisotopic (exact) mass is 531 g/mol. The lowest BCUT2D eigenvalue weighted by molar-refractivity contribution is -0.121. The number of hydrogen-bond acceptors (Lipinski definition) is 5. The number of aryl methyl sites for hydroxylation is 1. The van der Waals surface area contributed by atoms with Gasteiger partial charge in [0.05, 0.1) is 17.8 Å². The highest BCUT2D eigenvalue weighted by molar-refractivity contribution is 14.1. The summed E-state index contributed by atoms with van der Waals surface area (Å²) in [6.45, 7) is 3.75. The first kappa shape index (κ1) is 20.5. The molecule has 8 heteroatoms. The third kappa shape index (κ3) is 5.34. The van der Waals surface area contributed by atoms with Crippen LogP contribution in [-0.2, 0) is 4.79 Å². The number of phenols is 1. The fraction of sp³-hybridized carbons (Fsp3) is 0.222. The van der Waals surface area contributed by atoms with Crippen LogP contribution in [0, 0.1) is 10.5 Å². The summed E-state index contributed by atoms with van der Waals surface area (Å²) in [6, 6.07) is 8.73. The first-order valence-corrected chi connectivity index (χ1v) is 9.61. The van der Waals surface area contributed by atoms with Crippen molar-refractivity contribution in [2.45, 2.75) is 19.9 Å². The third-order valence-electron chi connectivity index (χ3n) is 3.59. The Kier molecular flexibility index (Phi) is 7.27. The molecule has 2 rings (SSSR count). The van der Waals surface area contributed by atoms with Crippen LogP contribution in [0.2, 0.25) is 0 Å². The molecule has 6 nitrogen and oxygen atoms in total. The van der Waals surface area contributed by atoms with Crippen molar-refractivity contribution in [1.29, 1.82) is 0 Å². The minimum absolute atomic E-state index is 0.0149. The average Bonchev–Trinajstić information content (AvgIpc) is 2.57. The van der Waals surface area contributed by atoms with E-state index < -0.39 is 6.04 Å². The van der Waals surface area contributed by atoms with Crippen LogP contribution in [0.4, 0.5) is 5.69 Å². The first-order chi connectivity index (χ1) is 12.3. The molecule has 0 radical (unpaired) electrons. The SMILES string of the molecule is COc1c(O)cc(/C=N\NC(=O)[C@H](C)Nc2ccc(I)cc2C)cc1Br. The van der Waals surface area contributed by atoms with Gasteiger partial charge in [0, 0.05) is 9.26 Å². The number of halogens is 2. The zero-order chi connectivity index (χ0) is 19.3. The van der Waals surface area contributed by atoms with Gasteiger partial charge in [-0.2, -0.15) is 5.10 Å². The molecular weight excluding hydrogens is 513 g/mol. The molecule has 26 heavy (non-hydrogen) atoms. The maximum atomic E-state index is 12.2. The summed E-state index contributed by atoms with van der Waals surface area (Å²) in [4.78, 5) is 12.2. The zero-order valence-corrected chi connectivity index (χ0v) is 18.3. The average molecular weight is 532 g/mol. The van der Waals surface area contributed by atoms with E-state index in [0.29, 0.717) is 15.8 Å². The Morgan fingerprint density at radius 1 is 1.38 bits per heavy atom. The number of rotatable bonds is 6. The highest BCUT2D eigenvalue weighted by Crippen LogP contribution is 2.34. The fourth-order valence-corrected chi connectivity index (χ4v) is 3.51. The fourth-order valence-electron chi connectivity index (χ4n) is 2.23. The van der Waals surface area contributed by atoms with Crippen LogP contribution < -0.4 is 15.5 Å². The number of benzene rings is 2. The Labute approximate surface area is 174 Å². The summed E-state index contributed by atoms with van der Waals surface area (Å²) in [5.41, 5.74) is 5.08. The van der Waals surface area contributed by atoms with Crippen LogP contribution in [0.1, 0.15) is 18.1 Å². The van der Waals surface area contributed by atoms with Crippen molar-refractivity contribution in [3.63, 3.8) is 0 Å². The van der Waals surface area contributed by atoms with E-state index in [0.717, 1.165) is 14.8 Å². The molecule has 0 aliphatic carbocycles. The van der Waals surface area contributed by atoms with Crippen molar-refractivity contribution in [3.05, 3.63) is 49.5 Å². The number of carbonyl (C=O) groups excluding carboxylic acids is 1. The maximum Gasteiger partial charge on any atom is 0.262 e. The normalized spacial score (nSPS) is 12.0. The van der Waals surface area contributed by atoms with Crippen molar-refractivity contribution in [1.82, 2.24) is 5.43 Å². The number of carbonyl (C=O) groups is 1. The van der Waals surface area contributed by atoms with Gasteiger partial charge >= 0.3 is 0 Å². The number of phenolic OH excluding ortho intramolecular Hbond substituents is 1. The van der Waals surface area contributed by atoms with Crippen LogP contribution in [0.5, 0.6) is 11.5 Å². The molecule has 138 valence electrons. The van der Waals surface area contributed by atoms with E-state index in [2.05, 4.69) is 54.4 Å². The summed E-state index contributed by atoms with van der Waals surface area (Å²) >= 11 is 5.55. The minimum Gasteiger partial charge on any atom is -0.504 e. The van der Waals surface area contributed by atoms with Gasteiger partial charge in [-0.3, -0.25) is 4.79 Å². The van der Waals surface area contributed by atoms with Crippen molar-refractivity contribution >= 4 is 56.3 Å². The van der Waals surface area contributed by atoms with Crippen molar-refractivity contribution < 1.29 is 14.6 Å². The summed E-state index contributed by atoms with van der Waals surface area (Å²) in [7, 11) is 1.47. The summed E-state index contributed by atoms with van der Waals surface area (Å²) < 4.78 is 6.79. The molecule has 0 saturated heterocycles. The van der Waals surface area contributed by atoms with Crippen LogP contribution in [0.25, 0.3) is 0 Å². The number of nitrogens with zero attached hydrogens (tertiary/aromatic N) is 1. The van der Waals surface area contributed by atoms with E-state index in [9.17, 15) is 9.90 Å². The molecule has 3 N–H and O–H groups in total. The van der Waals surface area contributed by atoms with E-state index in [1.807, 2.05) is 25.1 Å². The second kappa shape index (κ2) is 9.22. The Morgan fingerprint density at radius 3 is 2.73 bits per heavy atom. The van der Waals surface area contributed by atoms with Crippen molar-refractivity contribution in [2.75, 3.05) is 12.4 Å². The number of nitrogens with one attached hydrogen (secondary N) is 2. The Morgan fingerprint density at radius 2 is 2.12 bits per heavy atom. The van der Waals surface area contributed by atoms with Crippen molar-refractivity contribution in [3.8, 4) is 11.5 Å². The van der Waals surface area contributed by atoms with Crippen LogP contribution in [-0.4, -0.2) is 30.4 Å². The maximum absolute atomic E-state index is 12.2. The number of aromatic hydroxyl groups is 1. The topological polar surface area (TPSA) is 83.0 Å². The third-order valence-corrected chi connectivity index (χ3v) is 4.85. The van der Waals surface area contributed by atoms with E-state index in [4.69, 9.17) is 4.74 Å². The quantitative estimate of drug-likeness (QED) is 0.298. The molecule has 2 aromatic carbocycles. The molecule has 0 aliphatic heterocycles. The lowest BCUT2D eigenvalue weighted by Crippen LogP contribution is -2.35. The Hall–Kier alpha value is -1.81. The Bertz CT molecular complexity index is 819. The number of anilines is 1. The molecule has 1 atom stereocenters. The predicted octanol–water partition coefficient (Wildman–Crippen LogP) is 4.03. The number of hydrazone groups is 1.